The van der Waals surface area contributed by atoms with Crippen LogP contribution in [0.1, 0.15) is 58.9 Å². The van der Waals surface area contributed by atoms with Gasteiger partial charge in [0, 0.05) is 12.6 Å². The molecule has 3 aliphatic rings. The summed E-state index contributed by atoms with van der Waals surface area (Å²) in [6.45, 7) is 10.0. The number of hydrogen-bond acceptors (Lipinski definition) is 6. The van der Waals surface area contributed by atoms with Crippen LogP contribution in [0.2, 0.25) is 0 Å². The third-order valence-electron chi connectivity index (χ3n) is 7.10. The SMILES string of the molecule is CC(C)C[C@H]1ON(C(=O)OCc2ccccc2)[C@H]2CN(C3CCCNC3)C(=O)[C@H](CC(C)C)N2C1=O. The highest BCUT2D eigenvalue weighted by atomic mass is 16.7. The molecule has 4 rings (SSSR count). The second-order valence-corrected chi connectivity index (χ2v) is 11.0. The number of fused-ring (bicyclic) bond motifs is 1. The van der Waals surface area contributed by atoms with Crippen LogP contribution < -0.4 is 5.32 Å². The predicted molar refractivity (Wildman–Crippen MR) is 134 cm³/mol. The van der Waals surface area contributed by atoms with E-state index in [0.29, 0.717) is 19.4 Å². The first-order valence-corrected chi connectivity index (χ1v) is 13.3. The second-order valence-electron chi connectivity index (χ2n) is 11.0. The van der Waals surface area contributed by atoms with Gasteiger partial charge < -0.3 is 19.9 Å². The first-order chi connectivity index (χ1) is 17.3. The molecule has 3 fully saturated rings. The lowest BCUT2D eigenvalue weighted by atomic mass is 9.93. The minimum absolute atomic E-state index is 0.0220. The number of amides is 3. The fourth-order valence-corrected chi connectivity index (χ4v) is 5.39. The van der Waals surface area contributed by atoms with Crippen molar-refractivity contribution in [2.24, 2.45) is 11.8 Å². The Morgan fingerprint density at radius 1 is 1.08 bits per heavy atom. The Morgan fingerprint density at radius 2 is 1.81 bits per heavy atom. The standard InChI is InChI=1S/C27H40N4O5/c1-18(2)13-22-25(32)29(21-11-8-12-28-15-21)16-24-30(22)26(33)23(14-19(3)4)36-31(24)27(34)35-17-20-9-6-5-7-10-20/h5-7,9-10,18-19,21-24,28H,8,11-17H2,1-4H3/t21?,22-,23+,24-/m0/s1. The zero-order chi connectivity index (χ0) is 25.8. The van der Waals surface area contributed by atoms with E-state index in [9.17, 15) is 14.4 Å². The van der Waals surface area contributed by atoms with Gasteiger partial charge in [-0.25, -0.2) is 4.79 Å². The van der Waals surface area contributed by atoms with Crippen molar-refractivity contribution < 1.29 is 24.0 Å². The molecule has 0 spiro atoms. The summed E-state index contributed by atoms with van der Waals surface area (Å²) >= 11 is 0. The van der Waals surface area contributed by atoms with Crippen molar-refractivity contribution in [3.8, 4) is 0 Å². The van der Waals surface area contributed by atoms with Gasteiger partial charge in [-0.15, -0.1) is 0 Å². The molecule has 1 N–H and O–H groups in total. The van der Waals surface area contributed by atoms with E-state index in [4.69, 9.17) is 9.57 Å². The molecule has 3 aliphatic heterocycles. The van der Waals surface area contributed by atoms with Crippen LogP contribution in [0.25, 0.3) is 0 Å². The molecule has 36 heavy (non-hydrogen) atoms. The molecule has 198 valence electrons. The molecule has 0 aliphatic carbocycles. The lowest BCUT2D eigenvalue weighted by molar-refractivity contribution is -0.270. The molecule has 3 heterocycles. The van der Waals surface area contributed by atoms with Crippen LogP contribution in [0.15, 0.2) is 30.3 Å². The van der Waals surface area contributed by atoms with Crippen LogP contribution in [-0.4, -0.2) is 76.8 Å². The number of rotatable bonds is 7. The zero-order valence-corrected chi connectivity index (χ0v) is 21.9. The quantitative estimate of drug-likeness (QED) is 0.619. The molecule has 3 saturated heterocycles. The molecule has 1 aromatic rings. The topological polar surface area (TPSA) is 91.4 Å². The summed E-state index contributed by atoms with van der Waals surface area (Å²) in [6, 6.07) is 8.84. The van der Waals surface area contributed by atoms with Crippen molar-refractivity contribution in [1.29, 1.82) is 0 Å². The summed E-state index contributed by atoms with van der Waals surface area (Å²) in [5, 5.41) is 4.60. The third-order valence-corrected chi connectivity index (χ3v) is 7.10. The van der Waals surface area contributed by atoms with Crippen LogP contribution in [0, 0.1) is 11.8 Å². The maximum Gasteiger partial charge on any atom is 0.436 e. The van der Waals surface area contributed by atoms with E-state index in [1.165, 1.54) is 5.06 Å². The molecular formula is C27H40N4O5. The van der Waals surface area contributed by atoms with Crippen molar-refractivity contribution in [2.45, 2.75) is 84.3 Å². The van der Waals surface area contributed by atoms with Gasteiger partial charge in [0.1, 0.15) is 12.6 Å². The molecule has 1 unspecified atom stereocenters. The summed E-state index contributed by atoms with van der Waals surface area (Å²) in [7, 11) is 0. The predicted octanol–water partition coefficient (Wildman–Crippen LogP) is 3.15. The van der Waals surface area contributed by atoms with Crippen molar-refractivity contribution >= 4 is 17.9 Å². The van der Waals surface area contributed by atoms with Crippen molar-refractivity contribution in [3.63, 3.8) is 0 Å². The molecule has 9 nitrogen and oxygen atoms in total. The van der Waals surface area contributed by atoms with Crippen LogP contribution >= 0.6 is 0 Å². The van der Waals surface area contributed by atoms with Crippen molar-refractivity contribution in [1.82, 2.24) is 20.2 Å². The average Bonchev–Trinajstić information content (AvgIpc) is 2.86. The molecule has 0 bridgehead atoms. The van der Waals surface area contributed by atoms with E-state index in [2.05, 4.69) is 5.32 Å². The Kier molecular flexibility index (Phi) is 8.51. The normalized spacial score (nSPS) is 27.0. The number of nitrogens with zero attached hydrogens (tertiary/aromatic N) is 3. The summed E-state index contributed by atoms with van der Waals surface area (Å²) in [5.41, 5.74) is 0.862. The Morgan fingerprint density at radius 3 is 2.44 bits per heavy atom. The van der Waals surface area contributed by atoms with Crippen LogP contribution in [0.5, 0.6) is 0 Å². The molecular weight excluding hydrogens is 460 g/mol. The zero-order valence-electron chi connectivity index (χ0n) is 21.9. The Bertz CT molecular complexity index is 918. The van der Waals surface area contributed by atoms with Gasteiger partial charge in [-0.1, -0.05) is 58.0 Å². The average molecular weight is 501 g/mol. The van der Waals surface area contributed by atoms with Crippen molar-refractivity contribution in [3.05, 3.63) is 35.9 Å². The van der Waals surface area contributed by atoms with Gasteiger partial charge in [0.15, 0.2) is 12.3 Å². The van der Waals surface area contributed by atoms with Crippen molar-refractivity contribution in [2.75, 3.05) is 19.6 Å². The fourth-order valence-electron chi connectivity index (χ4n) is 5.39. The van der Waals surface area contributed by atoms with Crippen LogP contribution in [0.4, 0.5) is 4.79 Å². The van der Waals surface area contributed by atoms with Crippen LogP contribution in [-0.2, 0) is 25.8 Å². The highest BCUT2D eigenvalue weighted by molar-refractivity contribution is 5.92. The van der Waals surface area contributed by atoms with Gasteiger partial charge in [-0.05, 0) is 49.6 Å². The summed E-state index contributed by atoms with van der Waals surface area (Å²) < 4.78 is 5.64. The number of carbonyl (C=O) groups is 3. The number of hydrogen-bond donors (Lipinski definition) is 1. The van der Waals surface area contributed by atoms with Gasteiger partial charge in [-0.3, -0.25) is 14.4 Å². The van der Waals surface area contributed by atoms with Gasteiger partial charge in [0.05, 0.1) is 6.54 Å². The number of benzene rings is 1. The minimum atomic E-state index is -0.837. The maximum atomic E-state index is 13.8. The molecule has 0 aromatic heterocycles. The highest BCUT2D eigenvalue weighted by Gasteiger charge is 2.54. The summed E-state index contributed by atoms with van der Waals surface area (Å²) in [5.74, 6) is 0.110. The number of piperazine rings is 1. The second kappa shape index (κ2) is 11.6. The summed E-state index contributed by atoms with van der Waals surface area (Å²) in [4.78, 5) is 50.4. The molecule has 1 aromatic carbocycles. The largest absolute Gasteiger partial charge is 0.443 e. The lowest BCUT2D eigenvalue weighted by Crippen LogP contribution is -2.75. The number of hydroxylamine groups is 2. The maximum absolute atomic E-state index is 13.8. The number of piperidine rings is 1. The van der Waals surface area contributed by atoms with Gasteiger partial charge in [0.25, 0.3) is 5.91 Å². The Hall–Kier alpha value is -2.65. The third kappa shape index (κ3) is 5.83. The monoisotopic (exact) mass is 500 g/mol. The Labute approximate surface area is 214 Å². The van der Waals surface area contributed by atoms with E-state index in [-0.39, 0.29) is 42.8 Å². The molecule has 0 saturated carbocycles. The van der Waals surface area contributed by atoms with E-state index < -0.39 is 24.4 Å². The molecule has 0 radical (unpaired) electrons. The van der Waals surface area contributed by atoms with Gasteiger partial charge in [-0.2, -0.15) is 5.06 Å². The smallest absolute Gasteiger partial charge is 0.436 e. The van der Waals surface area contributed by atoms with E-state index in [1.54, 1.807) is 4.90 Å². The van der Waals surface area contributed by atoms with E-state index >= 15 is 0 Å². The van der Waals surface area contributed by atoms with Crippen LogP contribution in [0.3, 0.4) is 0 Å². The number of ether oxygens (including phenoxy) is 1. The fraction of sp³-hybridized carbons (Fsp3) is 0.667. The lowest BCUT2D eigenvalue weighted by Gasteiger charge is -2.54. The Balaban J connectivity index is 1.64. The molecule has 3 amide bonds. The van der Waals surface area contributed by atoms with Gasteiger partial charge in [0.2, 0.25) is 5.91 Å². The first kappa shape index (κ1) is 26.4. The first-order valence-electron chi connectivity index (χ1n) is 13.3. The number of nitrogens with one attached hydrogen (secondary N) is 1. The number of carbonyl (C=O) groups excluding carboxylic acids is 3. The summed E-state index contributed by atoms with van der Waals surface area (Å²) in [6.07, 6.45) is 0.635. The van der Waals surface area contributed by atoms with E-state index in [1.807, 2.05) is 62.9 Å². The molecule has 4 atom stereocenters. The van der Waals surface area contributed by atoms with E-state index in [0.717, 1.165) is 24.9 Å². The minimum Gasteiger partial charge on any atom is -0.443 e. The molecule has 9 heteroatoms. The van der Waals surface area contributed by atoms with Gasteiger partial charge >= 0.3 is 6.09 Å². The highest BCUT2D eigenvalue weighted by Crippen LogP contribution is 2.33.